The third-order valence-corrected chi connectivity index (χ3v) is 2.72. The summed E-state index contributed by atoms with van der Waals surface area (Å²) in [5.41, 5.74) is 6.24. The highest BCUT2D eigenvalue weighted by Crippen LogP contribution is 2.14. The zero-order valence-electron chi connectivity index (χ0n) is 11.5. The zero-order valence-corrected chi connectivity index (χ0v) is 11.5. The predicted molar refractivity (Wildman–Crippen MR) is 74.9 cm³/mol. The summed E-state index contributed by atoms with van der Waals surface area (Å²) in [6.45, 7) is 4.47. The lowest BCUT2D eigenvalue weighted by Crippen LogP contribution is -2.40. The van der Waals surface area contributed by atoms with Crippen molar-refractivity contribution in [2.75, 3.05) is 25.5 Å². The maximum absolute atomic E-state index is 12.0. The molecule has 0 heterocycles. The van der Waals surface area contributed by atoms with Gasteiger partial charge in [0, 0.05) is 30.9 Å². The van der Waals surface area contributed by atoms with Crippen LogP contribution in [0.2, 0.25) is 0 Å². The van der Waals surface area contributed by atoms with Crippen LogP contribution in [0.3, 0.4) is 0 Å². The number of carbonyl (C=O) groups excluding carboxylic acids is 1. The Labute approximate surface area is 114 Å². The minimum Gasteiger partial charge on any atom is -0.484 e. The summed E-state index contributed by atoms with van der Waals surface area (Å²) in [5, 5.41) is 8.83. The largest absolute Gasteiger partial charge is 0.484 e. The second-order valence-electron chi connectivity index (χ2n) is 4.62. The van der Waals surface area contributed by atoms with Crippen LogP contribution >= 0.6 is 0 Å². The molecule has 19 heavy (non-hydrogen) atoms. The summed E-state index contributed by atoms with van der Waals surface area (Å²) in [4.78, 5) is 13.7. The van der Waals surface area contributed by atoms with Crippen LogP contribution < -0.4 is 10.5 Å². The number of aliphatic hydroxyl groups is 1. The van der Waals surface area contributed by atoms with Crippen molar-refractivity contribution in [1.82, 2.24) is 4.90 Å². The second-order valence-corrected chi connectivity index (χ2v) is 4.62. The number of rotatable bonds is 7. The monoisotopic (exact) mass is 266 g/mol. The maximum atomic E-state index is 12.0. The molecule has 0 aromatic heterocycles. The number of amides is 1. The molecule has 106 valence electrons. The predicted octanol–water partition coefficient (Wildman–Crippen LogP) is 1.27. The molecule has 1 aromatic carbocycles. The van der Waals surface area contributed by atoms with Gasteiger partial charge in [0.15, 0.2) is 6.61 Å². The number of nitrogen functional groups attached to an aromatic ring is 1. The van der Waals surface area contributed by atoms with Crippen molar-refractivity contribution >= 4 is 11.6 Å². The number of benzene rings is 1. The highest BCUT2D eigenvalue weighted by molar-refractivity contribution is 5.78. The van der Waals surface area contributed by atoms with E-state index in [2.05, 4.69) is 0 Å². The number of anilines is 1. The van der Waals surface area contributed by atoms with Gasteiger partial charge in [-0.15, -0.1) is 0 Å². The Morgan fingerprint density at radius 1 is 1.47 bits per heavy atom. The summed E-state index contributed by atoms with van der Waals surface area (Å²) in [7, 11) is 0. The second kappa shape index (κ2) is 7.63. The van der Waals surface area contributed by atoms with Gasteiger partial charge in [-0.25, -0.2) is 0 Å². The van der Waals surface area contributed by atoms with Gasteiger partial charge in [-0.3, -0.25) is 4.79 Å². The molecule has 1 rings (SSSR count). The Balaban J connectivity index is 2.52. The minimum absolute atomic E-state index is 0.0208. The van der Waals surface area contributed by atoms with Gasteiger partial charge >= 0.3 is 0 Å². The molecular weight excluding hydrogens is 244 g/mol. The van der Waals surface area contributed by atoms with Crippen LogP contribution in [0, 0.1) is 0 Å². The number of hydrogen-bond acceptors (Lipinski definition) is 4. The molecule has 0 spiro atoms. The molecule has 0 saturated heterocycles. The average Bonchev–Trinajstić information content (AvgIpc) is 2.36. The fourth-order valence-electron chi connectivity index (χ4n) is 1.74. The third kappa shape index (κ3) is 5.18. The van der Waals surface area contributed by atoms with E-state index in [1.807, 2.05) is 13.8 Å². The van der Waals surface area contributed by atoms with Crippen molar-refractivity contribution in [2.45, 2.75) is 26.3 Å². The molecule has 3 N–H and O–H groups in total. The zero-order chi connectivity index (χ0) is 14.3. The Hall–Kier alpha value is -1.75. The molecule has 1 amide bonds. The summed E-state index contributed by atoms with van der Waals surface area (Å²) < 4.78 is 5.43. The van der Waals surface area contributed by atoms with Gasteiger partial charge in [-0.2, -0.15) is 0 Å². The molecule has 0 aliphatic carbocycles. The SMILES string of the molecule is CC(C)N(CCCO)C(=O)COc1cccc(N)c1. The van der Waals surface area contributed by atoms with E-state index < -0.39 is 0 Å². The first-order chi connectivity index (χ1) is 9.04. The average molecular weight is 266 g/mol. The van der Waals surface area contributed by atoms with Crippen LogP contribution in [0.4, 0.5) is 5.69 Å². The first-order valence-electron chi connectivity index (χ1n) is 6.43. The minimum atomic E-state index is -0.0918. The van der Waals surface area contributed by atoms with E-state index in [-0.39, 0.29) is 25.2 Å². The molecule has 0 aliphatic rings. The molecule has 0 aliphatic heterocycles. The standard InChI is InChI=1S/C14H22N2O3/c1-11(2)16(7-4-8-17)14(18)10-19-13-6-3-5-12(15)9-13/h3,5-6,9,11,17H,4,7-8,10,15H2,1-2H3. The number of aliphatic hydroxyl groups excluding tert-OH is 1. The number of hydrogen-bond donors (Lipinski definition) is 2. The van der Waals surface area contributed by atoms with Gasteiger partial charge in [0.25, 0.3) is 5.91 Å². The van der Waals surface area contributed by atoms with Crippen LogP contribution in [-0.2, 0) is 4.79 Å². The van der Waals surface area contributed by atoms with Gasteiger partial charge in [0.05, 0.1) is 0 Å². The summed E-state index contributed by atoms with van der Waals surface area (Å²) in [5.74, 6) is 0.491. The van der Waals surface area contributed by atoms with E-state index >= 15 is 0 Å². The summed E-state index contributed by atoms with van der Waals surface area (Å²) in [6.07, 6.45) is 0.572. The van der Waals surface area contributed by atoms with Gasteiger partial charge < -0.3 is 20.5 Å². The molecule has 0 radical (unpaired) electrons. The third-order valence-electron chi connectivity index (χ3n) is 2.72. The van der Waals surface area contributed by atoms with Gasteiger partial charge in [-0.1, -0.05) is 6.07 Å². The molecule has 0 fully saturated rings. The lowest BCUT2D eigenvalue weighted by Gasteiger charge is -2.26. The van der Waals surface area contributed by atoms with E-state index in [9.17, 15) is 4.79 Å². The molecule has 0 bridgehead atoms. The van der Waals surface area contributed by atoms with Crippen molar-refractivity contribution in [3.05, 3.63) is 24.3 Å². The Kier molecular flexibility index (Phi) is 6.15. The Bertz CT molecular complexity index is 407. The van der Waals surface area contributed by atoms with E-state index in [0.29, 0.717) is 24.4 Å². The van der Waals surface area contributed by atoms with Crippen molar-refractivity contribution in [3.8, 4) is 5.75 Å². The maximum Gasteiger partial charge on any atom is 0.260 e. The molecular formula is C14H22N2O3. The van der Waals surface area contributed by atoms with Crippen LogP contribution in [0.1, 0.15) is 20.3 Å². The van der Waals surface area contributed by atoms with Gasteiger partial charge in [0.2, 0.25) is 0 Å². The lowest BCUT2D eigenvalue weighted by molar-refractivity contribution is -0.135. The molecule has 5 nitrogen and oxygen atoms in total. The van der Waals surface area contributed by atoms with Crippen LogP contribution in [0.25, 0.3) is 0 Å². The van der Waals surface area contributed by atoms with Gasteiger partial charge in [0.1, 0.15) is 5.75 Å². The first kappa shape index (κ1) is 15.3. The highest BCUT2D eigenvalue weighted by Gasteiger charge is 2.16. The first-order valence-corrected chi connectivity index (χ1v) is 6.43. The fourth-order valence-corrected chi connectivity index (χ4v) is 1.74. The number of nitrogens with zero attached hydrogens (tertiary/aromatic N) is 1. The molecule has 5 heteroatoms. The van der Waals surface area contributed by atoms with E-state index in [1.165, 1.54) is 0 Å². The van der Waals surface area contributed by atoms with Crippen LogP contribution in [0.5, 0.6) is 5.75 Å². The highest BCUT2D eigenvalue weighted by atomic mass is 16.5. The van der Waals surface area contributed by atoms with Gasteiger partial charge in [-0.05, 0) is 32.4 Å². The molecule has 0 saturated carbocycles. The Morgan fingerprint density at radius 2 is 2.21 bits per heavy atom. The number of ether oxygens (including phenoxy) is 1. The van der Waals surface area contributed by atoms with E-state index in [1.54, 1.807) is 29.2 Å². The smallest absolute Gasteiger partial charge is 0.260 e. The molecule has 1 aromatic rings. The van der Waals surface area contributed by atoms with Crippen LogP contribution in [0.15, 0.2) is 24.3 Å². The van der Waals surface area contributed by atoms with Crippen LogP contribution in [-0.4, -0.2) is 41.7 Å². The van der Waals surface area contributed by atoms with Crippen molar-refractivity contribution < 1.29 is 14.6 Å². The quantitative estimate of drug-likeness (QED) is 0.729. The van der Waals surface area contributed by atoms with Crippen molar-refractivity contribution in [1.29, 1.82) is 0 Å². The van der Waals surface area contributed by atoms with E-state index in [4.69, 9.17) is 15.6 Å². The topological polar surface area (TPSA) is 75.8 Å². The summed E-state index contributed by atoms with van der Waals surface area (Å²) in [6, 6.07) is 7.07. The van der Waals surface area contributed by atoms with E-state index in [0.717, 1.165) is 0 Å². The Morgan fingerprint density at radius 3 is 2.79 bits per heavy atom. The summed E-state index contributed by atoms with van der Waals surface area (Å²) >= 11 is 0. The number of nitrogens with two attached hydrogens (primary N) is 1. The normalized spacial score (nSPS) is 10.5. The molecule has 0 unspecified atom stereocenters. The molecule has 0 atom stereocenters. The number of carbonyl (C=O) groups is 1. The van der Waals surface area contributed by atoms with Crippen molar-refractivity contribution in [2.24, 2.45) is 0 Å². The fraction of sp³-hybridized carbons (Fsp3) is 0.500. The van der Waals surface area contributed by atoms with Crippen molar-refractivity contribution in [3.63, 3.8) is 0 Å². The lowest BCUT2D eigenvalue weighted by atomic mass is 10.3.